The highest BCUT2D eigenvalue weighted by Gasteiger charge is 2.26. The van der Waals surface area contributed by atoms with Gasteiger partial charge in [-0.2, -0.15) is 5.26 Å². The van der Waals surface area contributed by atoms with Crippen molar-refractivity contribution >= 4 is 0 Å². The van der Waals surface area contributed by atoms with Gasteiger partial charge in [0, 0.05) is 18.7 Å². The minimum absolute atomic E-state index is 0.414. The van der Waals surface area contributed by atoms with E-state index in [-0.39, 0.29) is 0 Å². The van der Waals surface area contributed by atoms with E-state index >= 15 is 0 Å². The highest BCUT2D eigenvalue weighted by Crippen LogP contribution is 2.34. The molecule has 0 aromatic heterocycles. The Bertz CT molecular complexity index is 381. The second-order valence-electron chi connectivity index (χ2n) is 6.98. The van der Waals surface area contributed by atoms with Gasteiger partial charge in [-0.05, 0) is 77.3 Å². The number of rotatable bonds is 4. The molecule has 21 heavy (non-hydrogen) atoms. The number of ether oxygens (including phenoxy) is 1. The molecule has 118 valence electrons. The summed E-state index contributed by atoms with van der Waals surface area (Å²) in [6.45, 7) is 0. The fourth-order valence-corrected chi connectivity index (χ4v) is 3.91. The van der Waals surface area contributed by atoms with Gasteiger partial charge in [0.2, 0.25) is 0 Å². The smallest absolute Gasteiger partial charge is 0.0946 e. The molecule has 0 aliphatic heterocycles. The molecular weight excluding hydrogens is 260 g/mol. The van der Waals surface area contributed by atoms with Crippen molar-refractivity contribution in [1.82, 2.24) is 4.90 Å². The molecule has 0 aromatic rings. The van der Waals surface area contributed by atoms with E-state index in [1.54, 1.807) is 7.11 Å². The molecule has 0 radical (unpaired) electrons. The summed E-state index contributed by atoms with van der Waals surface area (Å²) in [5.74, 6) is 1.10. The van der Waals surface area contributed by atoms with Crippen LogP contribution >= 0.6 is 0 Å². The third-order valence-corrected chi connectivity index (χ3v) is 5.46. The fraction of sp³-hybridized carbons (Fsp3) is 0.833. The highest BCUT2D eigenvalue weighted by atomic mass is 16.5. The van der Waals surface area contributed by atoms with Gasteiger partial charge in [0.1, 0.15) is 0 Å². The van der Waals surface area contributed by atoms with Crippen LogP contribution in [-0.2, 0) is 4.74 Å². The van der Waals surface area contributed by atoms with Crippen LogP contribution in [0, 0.1) is 23.2 Å². The minimum Gasteiger partial charge on any atom is -0.381 e. The van der Waals surface area contributed by atoms with Gasteiger partial charge in [0.25, 0.3) is 0 Å². The number of methoxy groups -OCH3 is 1. The van der Waals surface area contributed by atoms with Crippen molar-refractivity contribution in [2.24, 2.45) is 11.8 Å². The molecule has 0 spiro atoms. The summed E-state index contributed by atoms with van der Waals surface area (Å²) >= 11 is 0. The van der Waals surface area contributed by atoms with E-state index < -0.39 is 0 Å². The summed E-state index contributed by atoms with van der Waals surface area (Å²) in [5, 5.41) is 9.51. The van der Waals surface area contributed by atoms with Gasteiger partial charge in [-0.15, -0.1) is 0 Å². The van der Waals surface area contributed by atoms with Crippen molar-refractivity contribution < 1.29 is 4.74 Å². The number of hydrogen-bond acceptors (Lipinski definition) is 3. The molecule has 3 nitrogen and oxygen atoms in total. The molecule has 0 N–H and O–H groups in total. The SMILES string of the molecule is COC1CCC(/C(C#N)=C\C2CCC(N(C)C)CC2)CC1. The zero-order valence-electron chi connectivity index (χ0n) is 13.8. The summed E-state index contributed by atoms with van der Waals surface area (Å²) in [6.07, 6.45) is 12.2. The monoisotopic (exact) mass is 290 g/mol. The van der Waals surface area contributed by atoms with Gasteiger partial charge in [-0.3, -0.25) is 0 Å². The van der Waals surface area contributed by atoms with Crippen LogP contribution in [0.5, 0.6) is 0 Å². The van der Waals surface area contributed by atoms with E-state index in [1.807, 2.05) is 0 Å². The normalized spacial score (nSPS) is 34.7. The van der Waals surface area contributed by atoms with Crippen molar-refractivity contribution in [2.45, 2.75) is 63.5 Å². The Hall–Kier alpha value is -0.850. The largest absolute Gasteiger partial charge is 0.381 e. The zero-order valence-corrected chi connectivity index (χ0v) is 13.8. The highest BCUT2D eigenvalue weighted by molar-refractivity contribution is 5.25. The molecule has 0 amide bonds. The lowest BCUT2D eigenvalue weighted by Gasteiger charge is -2.32. The molecule has 0 saturated heterocycles. The Balaban J connectivity index is 1.88. The van der Waals surface area contributed by atoms with E-state index in [0.29, 0.717) is 17.9 Å². The average molecular weight is 290 g/mol. The van der Waals surface area contributed by atoms with E-state index in [1.165, 1.54) is 25.7 Å². The van der Waals surface area contributed by atoms with Crippen molar-refractivity contribution in [1.29, 1.82) is 5.26 Å². The maximum atomic E-state index is 9.51. The number of hydrogen-bond donors (Lipinski definition) is 0. The van der Waals surface area contributed by atoms with Crippen LogP contribution < -0.4 is 0 Å². The van der Waals surface area contributed by atoms with Crippen LogP contribution in [-0.4, -0.2) is 38.3 Å². The topological polar surface area (TPSA) is 36.3 Å². The van der Waals surface area contributed by atoms with Gasteiger partial charge >= 0.3 is 0 Å². The van der Waals surface area contributed by atoms with Gasteiger partial charge < -0.3 is 9.64 Å². The van der Waals surface area contributed by atoms with Gasteiger partial charge in [-0.25, -0.2) is 0 Å². The van der Waals surface area contributed by atoms with Crippen LogP contribution in [0.25, 0.3) is 0 Å². The molecule has 0 unspecified atom stereocenters. The first-order valence-electron chi connectivity index (χ1n) is 8.45. The second kappa shape index (κ2) is 7.96. The predicted molar refractivity (Wildman–Crippen MR) is 85.9 cm³/mol. The third kappa shape index (κ3) is 4.56. The summed E-state index contributed by atoms with van der Waals surface area (Å²) in [5.41, 5.74) is 1.05. The molecular formula is C18H30N2O. The molecule has 2 aliphatic rings. The molecule has 0 atom stereocenters. The summed E-state index contributed by atoms with van der Waals surface area (Å²) < 4.78 is 5.43. The maximum absolute atomic E-state index is 9.51. The maximum Gasteiger partial charge on any atom is 0.0946 e. The Morgan fingerprint density at radius 3 is 2.14 bits per heavy atom. The van der Waals surface area contributed by atoms with Crippen molar-refractivity contribution in [3.63, 3.8) is 0 Å². The molecule has 0 bridgehead atoms. The lowest BCUT2D eigenvalue weighted by molar-refractivity contribution is 0.0617. The summed E-state index contributed by atoms with van der Waals surface area (Å²) in [4.78, 5) is 2.34. The van der Waals surface area contributed by atoms with Crippen molar-refractivity contribution in [3.8, 4) is 6.07 Å². The van der Waals surface area contributed by atoms with Gasteiger partial charge in [0.15, 0.2) is 0 Å². The quantitative estimate of drug-likeness (QED) is 0.740. The predicted octanol–water partition coefficient (Wildman–Crippen LogP) is 3.76. The number of allylic oxidation sites excluding steroid dienone is 2. The summed E-state index contributed by atoms with van der Waals surface area (Å²) in [6, 6.07) is 3.23. The van der Waals surface area contributed by atoms with E-state index in [4.69, 9.17) is 4.74 Å². The van der Waals surface area contributed by atoms with Crippen molar-refractivity contribution in [3.05, 3.63) is 11.6 Å². The average Bonchev–Trinajstić information content (AvgIpc) is 2.53. The van der Waals surface area contributed by atoms with Crippen LogP contribution in [0.15, 0.2) is 11.6 Å². The lowest BCUT2D eigenvalue weighted by Crippen LogP contribution is -2.31. The number of nitrogens with zero attached hydrogens (tertiary/aromatic N) is 2. The first-order valence-corrected chi connectivity index (χ1v) is 8.45. The van der Waals surface area contributed by atoms with E-state index in [2.05, 4.69) is 31.1 Å². The fourth-order valence-electron chi connectivity index (χ4n) is 3.91. The molecule has 3 heteroatoms. The number of nitriles is 1. The lowest BCUT2D eigenvalue weighted by atomic mass is 9.79. The summed E-state index contributed by atoms with van der Waals surface area (Å²) in [7, 11) is 6.15. The minimum atomic E-state index is 0.414. The molecule has 0 aromatic carbocycles. The Labute approximate surface area is 130 Å². The molecule has 2 saturated carbocycles. The zero-order chi connectivity index (χ0) is 15.2. The standard InChI is InChI=1S/C18H30N2O/c1-20(2)17-8-4-14(5-9-17)12-16(13-19)15-6-10-18(21-3)11-7-15/h12,14-15,17-18H,4-11H2,1-3H3/b16-12-. The van der Waals surface area contributed by atoms with Crippen LogP contribution in [0.1, 0.15) is 51.4 Å². The van der Waals surface area contributed by atoms with Gasteiger partial charge in [0.05, 0.1) is 12.2 Å². The molecule has 2 aliphatic carbocycles. The first-order chi connectivity index (χ1) is 10.1. The first kappa shape index (κ1) is 16.5. The second-order valence-corrected chi connectivity index (χ2v) is 6.98. The van der Waals surface area contributed by atoms with Crippen LogP contribution in [0.3, 0.4) is 0 Å². The molecule has 2 rings (SSSR count). The Morgan fingerprint density at radius 2 is 1.67 bits per heavy atom. The molecule has 2 fully saturated rings. The van der Waals surface area contributed by atoms with E-state index in [9.17, 15) is 5.26 Å². The third-order valence-electron chi connectivity index (χ3n) is 5.46. The van der Waals surface area contributed by atoms with Crippen LogP contribution in [0.2, 0.25) is 0 Å². The Kier molecular flexibility index (Phi) is 6.26. The van der Waals surface area contributed by atoms with Crippen LogP contribution in [0.4, 0.5) is 0 Å². The van der Waals surface area contributed by atoms with Gasteiger partial charge in [-0.1, -0.05) is 6.08 Å². The van der Waals surface area contributed by atoms with Crippen molar-refractivity contribution in [2.75, 3.05) is 21.2 Å². The van der Waals surface area contributed by atoms with E-state index in [0.717, 1.165) is 37.3 Å². The Morgan fingerprint density at radius 1 is 1.05 bits per heavy atom. The molecule has 0 heterocycles.